The van der Waals surface area contributed by atoms with Gasteiger partial charge in [0.2, 0.25) is 0 Å². The second kappa shape index (κ2) is 8.30. The lowest BCUT2D eigenvalue weighted by Gasteiger charge is -2.10. The van der Waals surface area contributed by atoms with Crippen LogP contribution >= 0.6 is 0 Å². The Balaban J connectivity index is 1.73. The first-order valence-electron chi connectivity index (χ1n) is 9.29. The van der Waals surface area contributed by atoms with Crippen LogP contribution < -0.4 is 5.56 Å². The minimum Gasteiger partial charge on any atom is -0.462 e. The Labute approximate surface area is 167 Å². The Morgan fingerprint density at radius 3 is 2.62 bits per heavy atom. The van der Waals surface area contributed by atoms with Gasteiger partial charge in [-0.1, -0.05) is 6.07 Å². The summed E-state index contributed by atoms with van der Waals surface area (Å²) in [4.78, 5) is 41.0. The molecule has 0 aliphatic heterocycles. The molecule has 0 saturated heterocycles. The third-order valence-corrected chi connectivity index (χ3v) is 4.68. The maximum absolute atomic E-state index is 12.3. The minimum absolute atomic E-state index is 0.0529. The Hall–Kier alpha value is -3.42. The number of hydrogen-bond donors (Lipinski definition) is 0. The predicted molar refractivity (Wildman–Crippen MR) is 106 cm³/mol. The molecule has 0 saturated carbocycles. The molecule has 3 aromatic heterocycles. The fourth-order valence-corrected chi connectivity index (χ4v) is 3.17. The number of rotatable bonds is 6. The van der Waals surface area contributed by atoms with Gasteiger partial charge in [-0.3, -0.25) is 14.0 Å². The van der Waals surface area contributed by atoms with Crippen molar-refractivity contribution in [1.82, 2.24) is 14.0 Å². The fraction of sp³-hybridized carbons (Fsp3) is 0.333. The molecule has 3 aromatic rings. The minimum atomic E-state index is -0.492. The van der Waals surface area contributed by atoms with Gasteiger partial charge in [0, 0.05) is 23.7 Å². The van der Waals surface area contributed by atoms with Crippen LogP contribution in [0.5, 0.6) is 0 Å². The zero-order valence-electron chi connectivity index (χ0n) is 16.9. The van der Waals surface area contributed by atoms with E-state index in [0.717, 1.165) is 11.3 Å². The molecule has 0 aliphatic rings. The molecule has 8 heteroatoms. The summed E-state index contributed by atoms with van der Waals surface area (Å²) in [7, 11) is 0. The van der Waals surface area contributed by atoms with E-state index in [1.807, 2.05) is 13.0 Å². The van der Waals surface area contributed by atoms with Crippen LogP contribution in [-0.4, -0.2) is 32.5 Å². The monoisotopic (exact) mass is 397 g/mol. The zero-order valence-corrected chi connectivity index (χ0v) is 16.9. The maximum Gasteiger partial charge on any atom is 0.339 e. The second-order valence-electron chi connectivity index (χ2n) is 6.72. The number of esters is 2. The average molecular weight is 397 g/mol. The number of nitrogens with zero attached hydrogens (tertiary/aromatic N) is 3. The van der Waals surface area contributed by atoms with Crippen LogP contribution in [-0.2, 0) is 27.4 Å². The van der Waals surface area contributed by atoms with Gasteiger partial charge in [0.15, 0.2) is 0 Å². The van der Waals surface area contributed by atoms with Crippen LogP contribution in [0.2, 0.25) is 0 Å². The lowest BCUT2D eigenvalue weighted by molar-refractivity contribution is -0.145. The highest BCUT2D eigenvalue weighted by Gasteiger charge is 2.18. The first-order chi connectivity index (χ1) is 13.8. The molecule has 0 N–H and O–H groups in total. The van der Waals surface area contributed by atoms with Gasteiger partial charge in [-0.25, -0.2) is 9.78 Å². The van der Waals surface area contributed by atoms with Gasteiger partial charge in [0.05, 0.1) is 17.9 Å². The summed E-state index contributed by atoms with van der Waals surface area (Å²) in [6.45, 7) is 7.27. The molecule has 0 atom stereocenters. The van der Waals surface area contributed by atoms with Gasteiger partial charge < -0.3 is 14.0 Å². The second-order valence-corrected chi connectivity index (χ2v) is 6.72. The Kier molecular flexibility index (Phi) is 5.81. The molecule has 152 valence electrons. The van der Waals surface area contributed by atoms with E-state index in [9.17, 15) is 14.4 Å². The van der Waals surface area contributed by atoms with Crippen molar-refractivity contribution in [2.75, 3.05) is 6.61 Å². The number of pyridine rings is 1. The Morgan fingerprint density at radius 2 is 1.90 bits per heavy atom. The molecule has 0 aromatic carbocycles. The molecule has 0 fully saturated rings. The van der Waals surface area contributed by atoms with Crippen molar-refractivity contribution in [3.05, 3.63) is 69.0 Å². The number of ether oxygens (including phenoxy) is 2. The molecule has 3 rings (SSSR count). The topological polar surface area (TPSA) is 91.9 Å². The number of aryl methyl sites for hydroxylation is 2. The van der Waals surface area contributed by atoms with Gasteiger partial charge in [0.1, 0.15) is 18.8 Å². The highest BCUT2D eigenvalue weighted by Crippen LogP contribution is 2.16. The van der Waals surface area contributed by atoms with Gasteiger partial charge in [-0.2, -0.15) is 0 Å². The van der Waals surface area contributed by atoms with Crippen LogP contribution in [0.3, 0.4) is 0 Å². The van der Waals surface area contributed by atoms with Crippen LogP contribution in [0.1, 0.15) is 39.9 Å². The van der Waals surface area contributed by atoms with E-state index in [4.69, 9.17) is 9.47 Å². The van der Waals surface area contributed by atoms with E-state index in [2.05, 4.69) is 4.98 Å². The van der Waals surface area contributed by atoms with E-state index in [1.165, 1.54) is 10.5 Å². The van der Waals surface area contributed by atoms with Crippen LogP contribution in [0.15, 0.2) is 35.3 Å². The highest BCUT2D eigenvalue weighted by molar-refractivity contribution is 5.91. The molecule has 0 unspecified atom stereocenters. The largest absolute Gasteiger partial charge is 0.462 e. The van der Waals surface area contributed by atoms with Crippen molar-refractivity contribution < 1.29 is 19.1 Å². The fourth-order valence-electron chi connectivity index (χ4n) is 3.17. The van der Waals surface area contributed by atoms with Crippen LogP contribution in [0.25, 0.3) is 5.65 Å². The SMILES string of the molecule is CCOC(=O)c1cc(C)n(CC(=O)OCc2cc(=O)n3cccc(C)c3n2)c1C. The molecular weight excluding hydrogens is 374 g/mol. The summed E-state index contributed by atoms with van der Waals surface area (Å²) >= 11 is 0. The third-order valence-electron chi connectivity index (χ3n) is 4.68. The Bertz CT molecular complexity index is 1140. The van der Waals surface area contributed by atoms with E-state index >= 15 is 0 Å². The van der Waals surface area contributed by atoms with Crippen LogP contribution in [0, 0.1) is 20.8 Å². The Morgan fingerprint density at radius 1 is 1.14 bits per heavy atom. The molecule has 8 nitrogen and oxygen atoms in total. The van der Waals surface area contributed by atoms with E-state index in [0.29, 0.717) is 22.6 Å². The summed E-state index contributed by atoms with van der Waals surface area (Å²) in [5.74, 6) is -0.912. The first kappa shape index (κ1) is 20.3. The van der Waals surface area contributed by atoms with Crippen molar-refractivity contribution >= 4 is 17.6 Å². The first-order valence-corrected chi connectivity index (χ1v) is 9.29. The summed E-state index contributed by atoms with van der Waals surface area (Å²) in [5, 5.41) is 0. The number of aromatic nitrogens is 3. The van der Waals surface area contributed by atoms with Crippen molar-refractivity contribution in [2.45, 2.75) is 40.8 Å². The molecule has 0 aliphatic carbocycles. The summed E-state index contributed by atoms with van der Waals surface area (Å²) in [6.07, 6.45) is 1.65. The van der Waals surface area contributed by atoms with Gasteiger partial charge in [-0.15, -0.1) is 0 Å². The molecule has 0 radical (unpaired) electrons. The van der Waals surface area contributed by atoms with Gasteiger partial charge >= 0.3 is 11.9 Å². The third kappa shape index (κ3) is 4.21. The van der Waals surface area contributed by atoms with Gasteiger partial charge in [-0.05, 0) is 45.4 Å². The quantitative estimate of drug-likeness (QED) is 0.593. The standard InChI is InChI=1S/C21H23N3O5/c1-5-28-21(27)17-9-14(3)24(15(17)4)11-19(26)29-12-16-10-18(25)23-8-6-7-13(2)20(23)22-16/h6-10H,5,11-12H2,1-4H3. The smallest absolute Gasteiger partial charge is 0.339 e. The van der Waals surface area contributed by atoms with E-state index < -0.39 is 11.9 Å². The van der Waals surface area contributed by atoms with Crippen molar-refractivity contribution in [2.24, 2.45) is 0 Å². The molecule has 0 bridgehead atoms. The number of fused-ring (bicyclic) bond motifs is 1. The van der Waals surface area contributed by atoms with Gasteiger partial charge in [0.25, 0.3) is 5.56 Å². The van der Waals surface area contributed by atoms with Crippen molar-refractivity contribution in [1.29, 1.82) is 0 Å². The van der Waals surface area contributed by atoms with Crippen molar-refractivity contribution in [3.63, 3.8) is 0 Å². The van der Waals surface area contributed by atoms with Crippen LogP contribution in [0.4, 0.5) is 0 Å². The lowest BCUT2D eigenvalue weighted by Crippen LogP contribution is -2.19. The summed E-state index contributed by atoms with van der Waals surface area (Å²) < 4.78 is 13.5. The normalized spacial score (nSPS) is 10.9. The number of hydrogen-bond acceptors (Lipinski definition) is 6. The molecule has 0 amide bonds. The number of carbonyl (C=O) groups excluding carboxylic acids is 2. The number of carbonyl (C=O) groups is 2. The van der Waals surface area contributed by atoms with E-state index in [1.54, 1.807) is 43.7 Å². The molecule has 0 spiro atoms. The molecular formula is C21H23N3O5. The summed E-state index contributed by atoms with van der Waals surface area (Å²) in [6, 6.07) is 6.67. The molecule has 3 heterocycles. The lowest BCUT2D eigenvalue weighted by atomic mass is 10.2. The average Bonchev–Trinajstić information content (AvgIpc) is 2.96. The zero-order chi connectivity index (χ0) is 21.1. The molecule has 29 heavy (non-hydrogen) atoms. The van der Waals surface area contributed by atoms with Crippen molar-refractivity contribution in [3.8, 4) is 0 Å². The predicted octanol–water partition coefficient (Wildman–Crippen LogP) is 2.34. The summed E-state index contributed by atoms with van der Waals surface area (Å²) in [5.41, 5.74) is 3.34. The van der Waals surface area contributed by atoms with E-state index in [-0.39, 0.29) is 25.3 Å². The highest BCUT2D eigenvalue weighted by atomic mass is 16.5. The maximum atomic E-state index is 12.3.